The largest absolute Gasteiger partial charge is 0.438 e. The molecule has 0 saturated heterocycles. The summed E-state index contributed by atoms with van der Waals surface area (Å²) in [5.74, 6) is -2.04. The minimum absolute atomic E-state index is 0.124. The maximum Gasteiger partial charge on any atom is 0.281 e. The fourth-order valence-corrected chi connectivity index (χ4v) is 5.13. The summed E-state index contributed by atoms with van der Waals surface area (Å²) in [6.45, 7) is 9.14. The molecule has 2 N–H and O–H groups in total. The predicted molar refractivity (Wildman–Crippen MR) is 152 cm³/mol. The lowest BCUT2D eigenvalue weighted by atomic mass is 10.1. The lowest BCUT2D eigenvalue weighted by Crippen LogP contribution is -2.31. The molecule has 4 aromatic rings. The highest BCUT2D eigenvalue weighted by atomic mass is 32.2. The molecule has 0 radical (unpaired) electrons. The van der Waals surface area contributed by atoms with Gasteiger partial charge in [0.25, 0.3) is 21.8 Å². The molecule has 2 aromatic heterocycles. The molecule has 0 aliphatic heterocycles. The van der Waals surface area contributed by atoms with Gasteiger partial charge in [-0.25, -0.2) is 19.1 Å². The van der Waals surface area contributed by atoms with Gasteiger partial charge in [0.1, 0.15) is 17.1 Å². The lowest BCUT2D eigenvalue weighted by molar-refractivity contribution is 0.0937. The van der Waals surface area contributed by atoms with Crippen molar-refractivity contribution in [1.82, 2.24) is 20.0 Å². The first-order valence-corrected chi connectivity index (χ1v) is 14.2. The molecule has 2 aromatic carbocycles. The Bertz CT molecular complexity index is 1720. The zero-order valence-electron chi connectivity index (χ0n) is 23.2. The van der Waals surface area contributed by atoms with Gasteiger partial charge in [0, 0.05) is 17.8 Å². The van der Waals surface area contributed by atoms with Gasteiger partial charge in [-0.15, -0.1) is 0 Å². The molecular formula is C30H29FN4O5S. The van der Waals surface area contributed by atoms with Crippen molar-refractivity contribution >= 4 is 21.8 Å². The average molecular weight is 577 g/mol. The molecule has 0 aliphatic rings. The Morgan fingerprint density at radius 2 is 1.59 bits per heavy atom. The van der Waals surface area contributed by atoms with Crippen LogP contribution in [-0.4, -0.2) is 36.2 Å². The van der Waals surface area contributed by atoms with Crippen LogP contribution in [0.15, 0.2) is 71.9 Å². The van der Waals surface area contributed by atoms with Crippen LogP contribution in [0, 0.1) is 26.6 Å². The number of aromatic nitrogens is 2. The number of pyridine rings is 2. The van der Waals surface area contributed by atoms with E-state index in [9.17, 15) is 22.4 Å². The van der Waals surface area contributed by atoms with Crippen molar-refractivity contribution in [3.8, 4) is 22.9 Å². The van der Waals surface area contributed by atoms with E-state index in [-0.39, 0.29) is 33.8 Å². The Morgan fingerprint density at radius 1 is 0.902 bits per heavy atom. The maximum atomic E-state index is 14.9. The fraction of sp³-hybridized carbons (Fsp3) is 0.200. The van der Waals surface area contributed by atoms with Gasteiger partial charge in [-0.2, -0.15) is 8.42 Å². The van der Waals surface area contributed by atoms with Crippen LogP contribution in [0.5, 0.6) is 11.6 Å². The summed E-state index contributed by atoms with van der Waals surface area (Å²) < 4.78 is 48.6. The zero-order valence-corrected chi connectivity index (χ0v) is 24.0. The zero-order chi connectivity index (χ0) is 29.9. The molecule has 0 bridgehead atoms. The smallest absolute Gasteiger partial charge is 0.281 e. The fourth-order valence-electron chi connectivity index (χ4n) is 4.21. The van der Waals surface area contributed by atoms with E-state index in [4.69, 9.17) is 4.74 Å². The predicted octanol–water partition coefficient (Wildman–Crippen LogP) is 5.26. The minimum Gasteiger partial charge on any atom is -0.438 e. The molecule has 0 aliphatic carbocycles. The van der Waals surface area contributed by atoms with Crippen LogP contribution in [-0.2, 0) is 10.0 Å². The number of carbonyl (C=O) groups is 2. The minimum atomic E-state index is -4.29. The highest BCUT2D eigenvalue weighted by Gasteiger charge is 2.25. The molecule has 2 heterocycles. The SMILES string of the molecule is Cc1cc(C)c(Oc2nc(-c3ccc(C(=O)NC(C)C)c(F)c3)ccc2C(=O)NS(=O)(=O)c2ccccn2)c(C)c1. The van der Waals surface area contributed by atoms with Crippen LogP contribution in [0.25, 0.3) is 11.3 Å². The molecule has 11 heteroatoms. The van der Waals surface area contributed by atoms with Crippen molar-refractivity contribution < 1.29 is 27.1 Å². The summed E-state index contributed by atoms with van der Waals surface area (Å²) in [4.78, 5) is 33.8. The Hall–Kier alpha value is -4.64. The first-order valence-electron chi connectivity index (χ1n) is 12.7. The number of halogens is 1. The molecule has 0 spiro atoms. The van der Waals surface area contributed by atoms with Crippen LogP contribution in [0.2, 0.25) is 0 Å². The quantitative estimate of drug-likeness (QED) is 0.293. The molecule has 212 valence electrons. The second-order valence-electron chi connectivity index (χ2n) is 9.80. The number of nitrogens with zero attached hydrogens (tertiary/aromatic N) is 2. The molecule has 2 amide bonds. The average Bonchev–Trinajstić information content (AvgIpc) is 2.90. The van der Waals surface area contributed by atoms with E-state index in [2.05, 4.69) is 15.3 Å². The Balaban J connectivity index is 1.76. The molecule has 41 heavy (non-hydrogen) atoms. The van der Waals surface area contributed by atoms with Gasteiger partial charge >= 0.3 is 0 Å². The highest BCUT2D eigenvalue weighted by molar-refractivity contribution is 7.90. The Labute approximate surface area is 237 Å². The van der Waals surface area contributed by atoms with E-state index in [1.54, 1.807) is 19.9 Å². The van der Waals surface area contributed by atoms with Crippen molar-refractivity contribution in [3.63, 3.8) is 0 Å². The van der Waals surface area contributed by atoms with E-state index in [0.717, 1.165) is 22.8 Å². The van der Waals surface area contributed by atoms with Crippen molar-refractivity contribution in [2.24, 2.45) is 0 Å². The first-order chi connectivity index (χ1) is 19.4. The molecule has 0 atom stereocenters. The second kappa shape index (κ2) is 11.8. The third kappa shape index (κ3) is 6.75. The van der Waals surface area contributed by atoms with Gasteiger partial charge in [-0.3, -0.25) is 9.59 Å². The summed E-state index contributed by atoms with van der Waals surface area (Å²) in [5.41, 5.74) is 2.81. The van der Waals surface area contributed by atoms with E-state index < -0.39 is 27.7 Å². The summed E-state index contributed by atoms with van der Waals surface area (Å²) in [6.07, 6.45) is 1.30. The van der Waals surface area contributed by atoms with Gasteiger partial charge in [-0.05, 0) is 82.1 Å². The maximum absolute atomic E-state index is 14.9. The number of sulfonamides is 1. The van der Waals surface area contributed by atoms with Gasteiger partial charge in [0.05, 0.1) is 11.3 Å². The van der Waals surface area contributed by atoms with Gasteiger partial charge in [-0.1, -0.05) is 29.8 Å². The lowest BCUT2D eigenvalue weighted by Gasteiger charge is -2.16. The molecule has 0 unspecified atom stereocenters. The van der Waals surface area contributed by atoms with Crippen LogP contribution >= 0.6 is 0 Å². The number of benzene rings is 2. The van der Waals surface area contributed by atoms with Gasteiger partial charge in [0.2, 0.25) is 5.88 Å². The number of hydrogen-bond acceptors (Lipinski definition) is 7. The molecule has 0 saturated carbocycles. The van der Waals surface area contributed by atoms with E-state index >= 15 is 0 Å². The number of carbonyl (C=O) groups excluding carboxylic acids is 2. The van der Waals surface area contributed by atoms with Crippen LogP contribution in [0.4, 0.5) is 4.39 Å². The summed E-state index contributed by atoms with van der Waals surface area (Å²) in [5, 5.41) is 2.32. The van der Waals surface area contributed by atoms with Crippen molar-refractivity contribution in [2.45, 2.75) is 45.7 Å². The summed E-state index contributed by atoms with van der Waals surface area (Å²) in [7, 11) is -4.29. The van der Waals surface area contributed by atoms with E-state index in [1.807, 2.05) is 37.6 Å². The summed E-state index contributed by atoms with van der Waals surface area (Å²) in [6, 6.07) is 14.7. The molecule has 9 nitrogen and oxygen atoms in total. The Morgan fingerprint density at radius 3 is 2.20 bits per heavy atom. The number of ether oxygens (including phenoxy) is 1. The number of nitrogens with one attached hydrogen (secondary N) is 2. The van der Waals surface area contributed by atoms with E-state index in [0.29, 0.717) is 11.3 Å². The number of amides is 2. The third-order valence-electron chi connectivity index (χ3n) is 5.98. The normalized spacial score (nSPS) is 11.3. The third-order valence-corrected chi connectivity index (χ3v) is 7.22. The van der Waals surface area contributed by atoms with Crippen LogP contribution in [0.1, 0.15) is 51.3 Å². The highest BCUT2D eigenvalue weighted by Crippen LogP contribution is 2.33. The van der Waals surface area contributed by atoms with Gasteiger partial charge in [0.15, 0.2) is 5.03 Å². The van der Waals surface area contributed by atoms with E-state index in [1.165, 1.54) is 42.6 Å². The molecular weight excluding hydrogens is 547 g/mol. The van der Waals surface area contributed by atoms with Crippen molar-refractivity contribution in [1.29, 1.82) is 0 Å². The van der Waals surface area contributed by atoms with Crippen LogP contribution < -0.4 is 14.8 Å². The van der Waals surface area contributed by atoms with Crippen molar-refractivity contribution in [3.05, 3.63) is 100 Å². The number of aryl methyl sites for hydroxylation is 3. The molecule has 4 rings (SSSR count). The molecule has 0 fully saturated rings. The standard InChI is InChI=1S/C30H29FN4O5S/c1-17(2)33-28(36)22-10-9-21(16-24(22)31)25-12-11-23(29(37)35-41(38,39)26-8-6-7-13-32-26)30(34-25)40-27-19(4)14-18(3)15-20(27)5/h6-17H,1-5H3,(H,33,36)(H,35,37). The Kier molecular flexibility index (Phi) is 8.48. The first kappa shape index (κ1) is 29.3. The van der Waals surface area contributed by atoms with Gasteiger partial charge < -0.3 is 10.1 Å². The monoisotopic (exact) mass is 576 g/mol. The number of hydrogen-bond donors (Lipinski definition) is 2. The summed E-state index contributed by atoms with van der Waals surface area (Å²) >= 11 is 0. The van der Waals surface area contributed by atoms with Crippen molar-refractivity contribution in [2.75, 3.05) is 0 Å². The van der Waals surface area contributed by atoms with Crippen LogP contribution in [0.3, 0.4) is 0 Å². The second-order valence-corrected chi connectivity index (χ2v) is 11.4. The number of rotatable bonds is 8. The topological polar surface area (TPSA) is 127 Å².